The minimum atomic E-state index is -3.15. The number of rotatable bonds is 6. The van der Waals surface area contributed by atoms with Crippen LogP contribution in [0.5, 0.6) is 0 Å². The molecule has 3 nitrogen and oxygen atoms in total. The van der Waals surface area contributed by atoms with Gasteiger partial charge in [0.1, 0.15) is 0 Å². The van der Waals surface area contributed by atoms with Crippen LogP contribution in [0.4, 0.5) is 5.69 Å². The third kappa shape index (κ3) is 3.46. The summed E-state index contributed by atoms with van der Waals surface area (Å²) in [6.07, 6.45) is 1.97. The number of benzene rings is 1. The highest BCUT2D eigenvalue weighted by Crippen LogP contribution is 2.23. The minimum absolute atomic E-state index is 0.134. The lowest BCUT2D eigenvalue weighted by Gasteiger charge is -2.18. The molecule has 17 heavy (non-hydrogen) atoms. The monoisotopic (exact) mass is 255 g/mol. The fourth-order valence-corrected chi connectivity index (χ4v) is 2.78. The summed E-state index contributed by atoms with van der Waals surface area (Å²) in [5.41, 5.74) is 0.725. The van der Waals surface area contributed by atoms with Crippen LogP contribution in [0.1, 0.15) is 33.6 Å². The van der Waals surface area contributed by atoms with Crippen LogP contribution < -0.4 is 5.32 Å². The van der Waals surface area contributed by atoms with Crippen LogP contribution in [-0.4, -0.2) is 20.2 Å². The maximum absolute atomic E-state index is 11.9. The largest absolute Gasteiger partial charge is 0.381 e. The van der Waals surface area contributed by atoms with Gasteiger partial charge in [-0.15, -0.1) is 0 Å². The van der Waals surface area contributed by atoms with Gasteiger partial charge in [-0.1, -0.05) is 32.9 Å². The first kappa shape index (κ1) is 14.0. The van der Waals surface area contributed by atoms with Crippen molar-refractivity contribution in [1.82, 2.24) is 0 Å². The van der Waals surface area contributed by atoms with Crippen LogP contribution in [0.2, 0.25) is 0 Å². The van der Waals surface area contributed by atoms with E-state index in [-0.39, 0.29) is 5.75 Å². The van der Waals surface area contributed by atoms with Gasteiger partial charge in [-0.3, -0.25) is 0 Å². The topological polar surface area (TPSA) is 46.2 Å². The number of para-hydroxylation sites is 1. The van der Waals surface area contributed by atoms with Crippen LogP contribution in [0.3, 0.4) is 0 Å². The lowest BCUT2D eigenvalue weighted by Crippen LogP contribution is -2.19. The van der Waals surface area contributed by atoms with Crippen molar-refractivity contribution in [3.05, 3.63) is 24.3 Å². The summed E-state index contributed by atoms with van der Waals surface area (Å²) in [6.45, 7) is 5.86. The smallest absolute Gasteiger partial charge is 0.180 e. The third-order valence-electron chi connectivity index (χ3n) is 2.95. The Morgan fingerprint density at radius 2 is 1.71 bits per heavy atom. The van der Waals surface area contributed by atoms with E-state index >= 15 is 0 Å². The SMILES string of the molecule is CCC(CC)Nc1ccccc1S(=O)(=O)CC. The third-order valence-corrected chi connectivity index (χ3v) is 4.73. The summed E-state index contributed by atoms with van der Waals surface area (Å²) in [7, 11) is -3.15. The van der Waals surface area contributed by atoms with Crippen LogP contribution in [0.15, 0.2) is 29.2 Å². The zero-order valence-corrected chi connectivity index (χ0v) is 11.5. The van der Waals surface area contributed by atoms with Gasteiger partial charge in [-0.2, -0.15) is 0 Å². The Hall–Kier alpha value is -1.03. The van der Waals surface area contributed by atoms with Gasteiger partial charge < -0.3 is 5.32 Å². The first-order chi connectivity index (χ1) is 8.05. The molecule has 0 spiro atoms. The molecule has 0 bridgehead atoms. The van der Waals surface area contributed by atoms with Gasteiger partial charge in [0.15, 0.2) is 9.84 Å². The van der Waals surface area contributed by atoms with Crippen molar-refractivity contribution in [3.8, 4) is 0 Å². The predicted octanol–water partition coefficient (Wildman–Crippen LogP) is 3.08. The van der Waals surface area contributed by atoms with Crippen LogP contribution in [0.25, 0.3) is 0 Å². The van der Waals surface area contributed by atoms with Crippen molar-refractivity contribution >= 4 is 15.5 Å². The van der Waals surface area contributed by atoms with E-state index in [9.17, 15) is 8.42 Å². The molecule has 0 saturated heterocycles. The first-order valence-corrected chi connectivity index (χ1v) is 7.78. The molecule has 0 aromatic heterocycles. The van der Waals surface area contributed by atoms with Crippen LogP contribution >= 0.6 is 0 Å². The van der Waals surface area contributed by atoms with Gasteiger partial charge in [0, 0.05) is 6.04 Å². The van der Waals surface area contributed by atoms with Crippen molar-refractivity contribution in [1.29, 1.82) is 0 Å². The zero-order chi connectivity index (χ0) is 12.9. The van der Waals surface area contributed by atoms with E-state index in [1.165, 1.54) is 0 Å². The molecule has 0 aliphatic rings. The van der Waals surface area contributed by atoms with Gasteiger partial charge in [-0.05, 0) is 25.0 Å². The second-order valence-corrected chi connectivity index (χ2v) is 6.30. The molecular formula is C13H21NO2S. The lowest BCUT2D eigenvalue weighted by molar-refractivity contribution is 0.597. The predicted molar refractivity (Wildman–Crippen MR) is 72.2 cm³/mol. The van der Waals surface area contributed by atoms with E-state index in [1.807, 2.05) is 12.1 Å². The quantitative estimate of drug-likeness (QED) is 0.849. The summed E-state index contributed by atoms with van der Waals surface area (Å²) in [4.78, 5) is 0.411. The summed E-state index contributed by atoms with van der Waals surface area (Å²) in [6, 6.07) is 7.45. The van der Waals surface area contributed by atoms with Gasteiger partial charge in [-0.25, -0.2) is 8.42 Å². The molecule has 0 radical (unpaired) electrons. The molecule has 1 N–H and O–H groups in total. The van der Waals surface area contributed by atoms with Crippen molar-refractivity contribution in [2.75, 3.05) is 11.1 Å². The molecule has 0 unspecified atom stereocenters. The number of hydrogen-bond donors (Lipinski definition) is 1. The van der Waals surface area contributed by atoms with E-state index in [2.05, 4.69) is 19.2 Å². The number of anilines is 1. The Morgan fingerprint density at radius 3 is 2.24 bits per heavy atom. The molecule has 4 heteroatoms. The number of sulfone groups is 1. The van der Waals surface area contributed by atoms with E-state index in [0.717, 1.165) is 18.5 Å². The Labute approximate surface area is 104 Å². The number of nitrogens with one attached hydrogen (secondary N) is 1. The van der Waals surface area contributed by atoms with Gasteiger partial charge in [0.05, 0.1) is 16.3 Å². The van der Waals surface area contributed by atoms with E-state index in [4.69, 9.17) is 0 Å². The number of hydrogen-bond acceptors (Lipinski definition) is 3. The molecule has 96 valence electrons. The highest BCUT2D eigenvalue weighted by atomic mass is 32.2. The van der Waals surface area contributed by atoms with Crippen molar-refractivity contribution in [2.45, 2.75) is 44.6 Å². The Morgan fingerprint density at radius 1 is 1.12 bits per heavy atom. The lowest BCUT2D eigenvalue weighted by atomic mass is 10.1. The summed E-state index contributed by atoms with van der Waals surface area (Å²) >= 11 is 0. The normalized spacial score (nSPS) is 11.8. The standard InChI is InChI=1S/C13H21NO2S/c1-4-11(5-2)14-12-9-7-8-10-13(12)17(15,16)6-3/h7-11,14H,4-6H2,1-3H3. The van der Waals surface area contributed by atoms with E-state index < -0.39 is 9.84 Å². The molecule has 1 aromatic rings. The second-order valence-electron chi connectivity index (χ2n) is 4.06. The highest BCUT2D eigenvalue weighted by Gasteiger charge is 2.17. The molecular weight excluding hydrogens is 234 g/mol. The van der Waals surface area contributed by atoms with Gasteiger partial charge in [0.25, 0.3) is 0 Å². The fourth-order valence-electron chi connectivity index (χ4n) is 1.73. The summed E-state index contributed by atoms with van der Waals surface area (Å²) in [5.74, 6) is 0.134. The molecule has 0 heterocycles. The molecule has 0 atom stereocenters. The molecule has 1 rings (SSSR count). The average Bonchev–Trinajstić information content (AvgIpc) is 2.36. The Balaban J connectivity index is 3.09. The van der Waals surface area contributed by atoms with E-state index in [1.54, 1.807) is 19.1 Å². The van der Waals surface area contributed by atoms with Gasteiger partial charge in [0.2, 0.25) is 0 Å². The minimum Gasteiger partial charge on any atom is -0.381 e. The Kier molecular flexibility index (Phi) is 5.00. The summed E-state index contributed by atoms with van der Waals surface area (Å²) < 4.78 is 23.9. The maximum Gasteiger partial charge on any atom is 0.180 e. The molecule has 1 aromatic carbocycles. The molecule has 0 amide bonds. The second kappa shape index (κ2) is 6.05. The molecule has 0 aliphatic heterocycles. The molecule has 0 fully saturated rings. The van der Waals surface area contributed by atoms with E-state index in [0.29, 0.717) is 10.9 Å². The molecule has 0 aliphatic carbocycles. The summed E-state index contributed by atoms with van der Waals surface area (Å²) in [5, 5.41) is 3.31. The van der Waals surface area contributed by atoms with Gasteiger partial charge >= 0.3 is 0 Å². The first-order valence-electron chi connectivity index (χ1n) is 6.13. The van der Waals surface area contributed by atoms with Crippen LogP contribution in [-0.2, 0) is 9.84 Å². The molecule has 0 saturated carbocycles. The highest BCUT2D eigenvalue weighted by molar-refractivity contribution is 7.91. The average molecular weight is 255 g/mol. The zero-order valence-electron chi connectivity index (χ0n) is 10.7. The Bertz CT molecular complexity index is 450. The fraction of sp³-hybridized carbons (Fsp3) is 0.538. The maximum atomic E-state index is 11.9. The van der Waals surface area contributed by atoms with Crippen molar-refractivity contribution in [2.24, 2.45) is 0 Å². The van der Waals surface area contributed by atoms with Crippen LogP contribution in [0, 0.1) is 0 Å². The van der Waals surface area contributed by atoms with Crippen molar-refractivity contribution < 1.29 is 8.42 Å². The van der Waals surface area contributed by atoms with Crippen molar-refractivity contribution in [3.63, 3.8) is 0 Å².